The molecule has 1 aromatic carbocycles. The number of rotatable bonds is 5. The summed E-state index contributed by atoms with van der Waals surface area (Å²) in [5.41, 5.74) is 0.718. The summed E-state index contributed by atoms with van der Waals surface area (Å²) in [6.45, 7) is 2.03. The van der Waals surface area contributed by atoms with Crippen molar-refractivity contribution < 1.29 is 13.9 Å². The Morgan fingerprint density at radius 3 is 2.62 bits per heavy atom. The molecule has 0 unspecified atom stereocenters. The summed E-state index contributed by atoms with van der Waals surface area (Å²) >= 11 is 6.21. The van der Waals surface area contributed by atoms with E-state index in [0.29, 0.717) is 23.1 Å². The molecule has 0 spiro atoms. The first kappa shape index (κ1) is 16.6. The number of nitrogens with one attached hydrogen (secondary N) is 1. The van der Waals surface area contributed by atoms with Crippen LogP contribution in [-0.4, -0.2) is 22.5 Å². The Morgan fingerprint density at radius 2 is 2.08 bits per heavy atom. The van der Waals surface area contributed by atoms with Gasteiger partial charge in [0.25, 0.3) is 0 Å². The standard InChI is InChI=1S/C17H17ClFN3O2/c1-2-24-15(23)11-9-20-16(21-10-11)22-17(6-3-7-17)13-5-4-12(19)8-14(13)18/h4-5,8-10H,2-3,6-7H2,1H3,(H,20,21,22). The first-order valence-corrected chi connectivity index (χ1v) is 8.15. The lowest BCUT2D eigenvalue weighted by molar-refractivity contribution is 0.0525. The summed E-state index contributed by atoms with van der Waals surface area (Å²) in [5, 5.41) is 3.67. The van der Waals surface area contributed by atoms with Crippen LogP contribution >= 0.6 is 11.6 Å². The van der Waals surface area contributed by atoms with E-state index in [9.17, 15) is 9.18 Å². The molecule has 1 aliphatic carbocycles. The second-order valence-electron chi connectivity index (χ2n) is 5.70. The second kappa shape index (κ2) is 6.73. The predicted molar refractivity (Wildman–Crippen MR) is 88.6 cm³/mol. The first-order valence-electron chi connectivity index (χ1n) is 7.77. The van der Waals surface area contributed by atoms with E-state index < -0.39 is 11.5 Å². The van der Waals surface area contributed by atoms with Gasteiger partial charge in [-0.25, -0.2) is 19.2 Å². The van der Waals surface area contributed by atoms with Gasteiger partial charge in [-0.1, -0.05) is 17.7 Å². The molecule has 1 saturated carbocycles. The van der Waals surface area contributed by atoms with Crippen LogP contribution in [0, 0.1) is 5.82 Å². The van der Waals surface area contributed by atoms with Crippen molar-refractivity contribution in [3.8, 4) is 0 Å². The number of esters is 1. The van der Waals surface area contributed by atoms with Gasteiger partial charge in [0.1, 0.15) is 5.82 Å². The molecule has 0 radical (unpaired) electrons. The average molecular weight is 350 g/mol. The Kier molecular flexibility index (Phi) is 4.66. The van der Waals surface area contributed by atoms with Gasteiger partial charge < -0.3 is 10.1 Å². The SMILES string of the molecule is CCOC(=O)c1cnc(NC2(c3ccc(F)cc3Cl)CCC2)nc1. The molecule has 0 atom stereocenters. The van der Waals surface area contributed by atoms with E-state index in [2.05, 4.69) is 15.3 Å². The van der Waals surface area contributed by atoms with Gasteiger partial charge in [0, 0.05) is 17.4 Å². The summed E-state index contributed by atoms with van der Waals surface area (Å²) in [4.78, 5) is 20.0. The van der Waals surface area contributed by atoms with Crippen LogP contribution in [0.25, 0.3) is 0 Å². The number of hydrogen-bond acceptors (Lipinski definition) is 5. The number of nitrogens with zero attached hydrogens (tertiary/aromatic N) is 2. The lowest BCUT2D eigenvalue weighted by Gasteiger charge is -2.43. The number of benzene rings is 1. The van der Waals surface area contributed by atoms with E-state index >= 15 is 0 Å². The molecule has 7 heteroatoms. The second-order valence-corrected chi connectivity index (χ2v) is 6.11. The fraction of sp³-hybridized carbons (Fsp3) is 0.353. The van der Waals surface area contributed by atoms with E-state index in [1.165, 1.54) is 24.5 Å². The highest BCUT2D eigenvalue weighted by Gasteiger charge is 2.40. The number of carbonyl (C=O) groups is 1. The summed E-state index contributed by atoms with van der Waals surface area (Å²) in [6, 6.07) is 4.40. The van der Waals surface area contributed by atoms with Crippen LogP contribution < -0.4 is 5.32 Å². The third-order valence-corrected chi connectivity index (χ3v) is 4.48. The lowest BCUT2D eigenvalue weighted by atomic mass is 9.72. The van der Waals surface area contributed by atoms with Gasteiger partial charge in [-0.2, -0.15) is 0 Å². The quantitative estimate of drug-likeness (QED) is 0.828. The minimum Gasteiger partial charge on any atom is -0.462 e. The van der Waals surface area contributed by atoms with Crippen molar-refractivity contribution in [1.29, 1.82) is 0 Å². The van der Waals surface area contributed by atoms with Crippen LogP contribution in [0.2, 0.25) is 5.02 Å². The lowest BCUT2D eigenvalue weighted by Crippen LogP contribution is -2.42. The number of ether oxygens (including phenoxy) is 1. The molecular formula is C17H17ClFN3O2. The smallest absolute Gasteiger partial charge is 0.341 e. The normalized spacial score (nSPS) is 15.5. The average Bonchev–Trinajstić information content (AvgIpc) is 2.52. The molecule has 1 N–H and O–H groups in total. The Labute approximate surface area is 144 Å². The highest BCUT2D eigenvalue weighted by atomic mass is 35.5. The molecule has 0 saturated heterocycles. The maximum Gasteiger partial charge on any atom is 0.341 e. The Hall–Kier alpha value is -2.21. The summed E-state index contributed by atoms with van der Waals surface area (Å²) < 4.78 is 18.2. The van der Waals surface area contributed by atoms with E-state index in [0.717, 1.165) is 24.8 Å². The van der Waals surface area contributed by atoms with E-state index in [4.69, 9.17) is 16.3 Å². The molecule has 1 heterocycles. The molecule has 0 aliphatic heterocycles. The molecule has 0 amide bonds. The highest BCUT2D eigenvalue weighted by molar-refractivity contribution is 6.31. The Morgan fingerprint density at radius 1 is 1.38 bits per heavy atom. The van der Waals surface area contributed by atoms with Crippen LogP contribution in [-0.2, 0) is 10.3 Å². The third-order valence-electron chi connectivity index (χ3n) is 4.17. The molecule has 1 aliphatic rings. The summed E-state index contributed by atoms with van der Waals surface area (Å²) in [5.74, 6) is -0.430. The number of hydrogen-bond donors (Lipinski definition) is 1. The van der Waals surface area contributed by atoms with E-state index in [1.807, 2.05) is 0 Å². The monoisotopic (exact) mass is 349 g/mol. The number of aromatic nitrogens is 2. The fourth-order valence-corrected chi connectivity index (χ4v) is 3.14. The zero-order chi connectivity index (χ0) is 17.2. The first-order chi connectivity index (χ1) is 11.5. The largest absolute Gasteiger partial charge is 0.462 e. The number of halogens is 2. The molecule has 3 rings (SSSR count). The van der Waals surface area contributed by atoms with Crippen molar-refractivity contribution in [2.45, 2.75) is 31.7 Å². The van der Waals surface area contributed by atoms with Gasteiger partial charge in [-0.3, -0.25) is 0 Å². The fourth-order valence-electron chi connectivity index (χ4n) is 2.80. The van der Waals surface area contributed by atoms with Gasteiger partial charge in [0.15, 0.2) is 0 Å². The zero-order valence-corrected chi connectivity index (χ0v) is 13.9. The maximum absolute atomic E-state index is 13.3. The maximum atomic E-state index is 13.3. The third kappa shape index (κ3) is 3.19. The van der Waals surface area contributed by atoms with Crippen molar-refractivity contribution in [1.82, 2.24) is 9.97 Å². The minimum absolute atomic E-state index is 0.296. The molecule has 24 heavy (non-hydrogen) atoms. The molecule has 5 nitrogen and oxygen atoms in total. The zero-order valence-electron chi connectivity index (χ0n) is 13.2. The summed E-state index contributed by atoms with van der Waals surface area (Å²) in [7, 11) is 0. The van der Waals surface area contributed by atoms with Gasteiger partial charge >= 0.3 is 5.97 Å². The van der Waals surface area contributed by atoms with Crippen molar-refractivity contribution in [2.24, 2.45) is 0 Å². The van der Waals surface area contributed by atoms with Gasteiger partial charge in [0.05, 0.1) is 17.7 Å². The molecule has 1 aromatic heterocycles. The van der Waals surface area contributed by atoms with Crippen molar-refractivity contribution in [3.05, 3.63) is 52.6 Å². The Bertz CT molecular complexity index is 748. The topological polar surface area (TPSA) is 64.1 Å². The van der Waals surface area contributed by atoms with Crippen LogP contribution in [0.5, 0.6) is 0 Å². The van der Waals surface area contributed by atoms with Crippen LogP contribution in [0.1, 0.15) is 42.1 Å². The van der Waals surface area contributed by atoms with Crippen molar-refractivity contribution >= 4 is 23.5 Å². The summed E-state index contributed by atoms with van der Waals surface area (Å²) in [6.07, 6.45) is 5.57. The van der Waals surface area contributed by atoms with Gasteiger partial charge in [-0.15, -0.1) is 0 Å². The van der Waals surface area contributed by atoms with Gasteiger partial charge in [0.2, 0.25) is 5.95 Å². The molecule has 2 aromatic rings. The molecule has 1 fully saturated rings. The highest BCUT2D eigenvalue weighted by Crippen LogP contribution is 2.46. The van der Waals surface area contributed by atoms with E-state index in [-0.39, 0.29) is 5.82 Å². The minimum atomic E-state index is -0.455. The van der Waals surface area contributed by atoms with Crippen molar-refractivity contribution in [2.75, 3.05) is 11.9 Å². The molecular weight excluding hydrogens is 333 g/mol. The van der Waals surface area contributed by atoms with E-state index in [1.54, 1.807) is 13.0 Å². The van der Waals surface area contributed by atoms with Crippen LogP contribution in [0.3, 0.4) is 0 Å². The molecule has 126 valence electrons. The van der Waals surface area contributed by atoms with Crippen LogP contribution in [0.4, 0.5) is 10.3 Å². The Balaban J connectivity index is 1.81. The van der Waals surface area contributed by atoms with Gasteiger partial charge in [-0.05, 0) is 43.9 Å². The van der Waals surface area contributed by atoms with Crippen molar-refractivity contribution in [3.63, 3.8) is 0 Å². The number of carbonyl (C=O) groups excluding carboxylic acids is 1. The van der Waals surface area contributed by atoms with Crippen LogP contribution in [0.15, 0.2) is 30.6 Å². The number of anilines is 1. The molecule has 0 bridgehead atoms. The predicted octanol–water partition coefficient (Wildman–Crippen LogP) is 3.94.